The Kier molecular flexibility index (Phi) is 5.63. The predicted octanol–water partition coefficient (Wildman–Crippen LogP) is 4.34. The van der Waals surface area contributed by atoms with Gasteiger partial charge < -0.3 is 4.90 Å². The van der Waals surface area contributed by atoms with Crippen LogP contribution in [-0.2, 0) is 6.42 Å². The zero-order valence-electron chi connectivity index (χ0n) is 13.2. The van der Waals surface area contributed by atoms with E-state index in [1.54, 1.807) is 6.07 Å². The summed E-state index contributed by atoms with van der Waals surface area (Å²) in [6.07, 6.45) is 5.16. The molecule has 1 saturated carbocycles. The van der Waals surface area contributed by atoms with Crippen molar-refractivity contribution in [2.75, 3.05) is 6.54 Å². The number of aryl methyl sites for hydroxylation is 1. The lowest BCUT2D eigenvalue weighted by molar-refractivity contribution is 0.0735. The monoisotopic (exact) mass is 308 g/mol. The Labute approximate surface area is 132 Å². The van der Waals surface area contributed by atoms with Crippen LogP contribution >= 0.6 is 11.6 Å². The van der Waals surface area contributed by atoms with Crippen LogP contribution in [0, 0.1) is 5.92 Å². The topological polar surface area (TPSA) is 33.2 Å². The molecule has 0 atom stereocenters. The average Bonchev–Trinajstić information content (AvgIpc) is 3.22. The molecule has 0 aliphatic heterocycles. The highest BCUT2D eigenvalue weighted by Gasteiger charge is 2.33. The molecular weight excluding hydrogens is 284 g/mol. The van der Waals surface area contributed by atoms with Crippen LogP contribution in [0.15, 0.2) is 12.1 Å². The first-order valence-corrected chi connectivity index (χ1v) is 8.36. The molecule has 1 amide bonds. The molecule has 0 radical (unpaired) electrons. The molecule has 3 nitrogen and oxygen atoms in total. The van der Waals surface area contributed by atoms with E-state index in [2.05, 4.69) is 25.8 Å². The van der Waals surface area contributed by atoms with Crippen molar-refractivity contribution in [1.29, 1.82) is 0 Å². The molecular formula is C17H25ClN2O. The van der Waals surface area contributed by atoms with Crippen LogP contribution in [0.3, 0.4) is 0 Å². The van der Waals surface area contributed by atoms with Crippen LogP contribution in [0.25, 0.3) is 0 Å². The standard InChI is InChI=1S/C17H25ClN2O/c1-4-5-14-10-13(11-16(18)19-14)17(21)20(15-6-7-15)9-8-12(2)3/h10-12,15H,4-9H2,1-3H3. The Hall–Kier alpha value is -1.09. The molecule has 21 heavy (non-hydrogen) atoms. The van der Waals surface area contributed by atoms with Gasteiger partial charge in [-0.25, -0.2) is 4.98 Å². The molecule has 1 aliphatic carbocycles. The Balaban J connectivity index is 2.15. The number of nitrogens with zero attached hydrogens (tertiary/aromatic N) is 2. The third-order valence-corrected chi connectivity index (χ3v) is 3.99. The fourth-order valence-corrected chi connectivity index (χ4v) is 2.68. The normalized spacial score (nSPS) is 14.5. The Morgan fingerprint density at radius 1 is 1.43 bits per heavy atom. The van der Waals surface area contributed by atoms with Crippen LogP contribution in [0.1, 0.15) is 62.5 Å². The van der Waals surface area contributed by atoms with Crippen molar-refractivity contribution < 1.29 is 4.79 Å². The lowest BCUT2D eigenvalue weighted by Gasteiger charge is -2.23. The fourth-order valence-electron chi connectivity index (χ4n) is 2.46. The SMILES string of the molecule is CCCc1cc(C(=O)N(CCC(C)C)C2CC2)cc(Cl)n1. The first-order valence-electron chi connectivity index (χ1n) is 7.98. The van der Waals surface area contributed by atoms with E-state index in [4.69, 9.17) is 11.6 Å². The van der Waals surface area contributed by atoms with Gasteiger partial charge in [-0.2, -0.15) is 0 Å². The van der Waals surface area contributed by atoms with Gasteiger partial charge in [0.25, 0.3) is 5.91 Å². The second-order valence-corrected chi connectivity index (χ2v) is 6.72. The molecule has 4 heteroatoms. The number of hydrogen-bond donors (Lipinski definition) is 0. The maximum atomic E-state index is 12.8. The number of carbonyl (C=O) groups is 1. The van der Waals surface area contributed by atoms with Gasteiger partial charge in [-0.1, -0.05) is 38.8 Å². The van der Waals surface area contributed by atoms with Crippen LogP contribution in [0.5, 0.6) is 0 Å². The maximum Gasteiger partial charge on any atom is 0.254 e. The molecule has 0 aromatic carbocycles. The number of carbonyl (C=O) groups excluding carboxylic acids is 1. The van der Waals surface area contributed by atoms with Crippen molar-refractivity contribution in [2.45, 2.75) is 58.9 Å². The highest BCUT2D eigenvalue weighted by molar-refractivity contribution is 6.29. The van der Waals surface area contributed by atoms with E-state index in [1.807, 2.05) is 11.0 Å². The summed E-state index contributed by atoms with van der Waals surface area (Å²) in [4.78, 5) is 19.1. The molecule has 1 aromatic heterocycles. The Morgan fingerprint density at radius 3 is 2.71 bits per heavy atom. The van der Waals surface area contributed by atoms with Crippen LogP contribution < -0.4 is 0 Å². The van der Waals surface area contributed by atoms with Crippen LogP contribution in [-0.4, -0.2) is 28.4 Å². The maximum absolute atomic E-state index is 12.8. The molecule has 0 N–H and O–H groups in total. The quantitative estimate of drug-likeness (QED) is 0.702. The van der Waals surface area contributed by atoms with Gasteiger partial charge in [0.1, 0.15) is 5.15 Å². The molecule has 0 saturated heterocycles. The molecule has 1 heterocycles. The summed E-state index contributed by atoms with van der Waals surface area (Å²) in [6.45, 7) is 7.32. The van der Waals surface area contributed by atoms with Gasteiger partial charge in [0.15, 0.2) is 0 Å². The number of amides is 1. The van der Waals surface area contributed by atoms with Crippen molar-refractivity contribution in [1.82, 2.24) is 9.88 Å². The van der Waals surface area contributed by atoms with E-state index < -0.39 is 0 Å². The third-order valence-electron chi connectivity index (χ3n) is 3.80. The summed E-state index contributed by atoms with van der Waals surface area (Å²) in [5.74, 6) is 0.718. The van der Waals surface area contributed by atoms with E-state index in [1.165, 1.54) is 0 Å². The summed E-state index contributed by atoms with van der Waals surface area (Å²) in [5.41, 5.74) is 1.60. The molecule has 1 aromatic rings. The van der Waals surface area contributed by atoms with Crippen molar-refractivity contribution in [3.05, 3.63) is 28.5 Å². The molecule has 2 rings (SSSR count). The van der Waals surface area contributed by atoms with Gasteiger partial charge in [-0.3, -0.25) is 4.79 Å². The molecule has 1 aliphatic rings. The average molecular weight is 309 g/mol. The van der Waals surface area contributed by atoms with E-state index in [9.17, 15) is 4.79 Å². The molecule has 1 fully saturated rings. The second kappa shape index (κ2) is 7.26. The molecule has 116 valence electrons. The summed E-state index contributed by atoms with van der Waals surface area (Å²) in [6, 6.07) is 4.04. The number of aromatic nitrogens is 1. The first-order chi connectivity index (χ1) is 10.0. The minimum Gasteiger partial charge on any atom is -0.336 e. The smallest absolute Gasteiger partial charge is 0.254 e. The summed E-state index contributed by atoms with van der Waals surface area (Å²) in [5, 5.41) is 0.420. The number of rotatable bonds is 7. The van der Waals surface area contributed by atoms with Gasteiger partial charge >= 0.3 is 0 Å². The van der Waals surface area contributed by atoms with Crippen molar-refractivity contribution in [2.24, 2.45) is 5.92 Å². The number of pyridine rings is 1. The minimum absolute atomic E-state index is 0.111. The number of hydrogen-bond acceptors (Lipinski definition) is 2. The second-order valence-electron chi connectivity index (χ2n) is 6.33. The van der Waals surface area contributed by atoms with E-state index in [-0.39, 0.29) is 5.91 Å². The minimum atomic E-state index is 0.111. The van der Waals surface area contributed by atoms with Gasteiger partial charge in [0, 0.05) is 23.8 Å². The van der Waals surface area contributed by atoms with Gasteiger partial charge in [-0.05, 0) is 43.7 Å². The molecule has 0 bridgehead atoms. The molecule has 0 unspecified atom stereocenters. The lowest BCUT2D eigenvalue weighted by Crippen LogP contribution is -2.34. The Morgan fingerprint density at radius 2 is 2.14 bits per heavy atom. The third kappa shape index (κ3) is 4.70. The predicted molar refractivity (Wildman–Crippen MR) is 86.8 cm³/mol. The van der Waals surface area contributed by atoms with E-state index in [0.717, 1.165) is 44.3 Å². The van der Waals surface area contributed by atoms with Crippen LogP contribution in [0.4, 0.5) is 0 Å². The highest BCUT2D eigenvalue weighted by atomic mass is 35.5. The van der Waals surface area contributed by atoms with Gasteiger partial charge in [0.2, 0.25) is 0 Å². The van der Waals surface area contributed by atoms with Crippen molar-refractivity contribution >= 4 is 17.5 Å². The molecule has 0 spiro atoms. The lowest BCUT2D eigenvalue weighted by atomic mass is 10.1. The van der Waals surface area contributed by atoms with E-state index in [0.29, 0.717) is 22.7 Å². The summed E-state index contributed by atoms with van der Waals surface area (Å²) in [7, 11) is 0. The highest BCUT2D eigenvalue weighted by Crippen LogP contribution is 2.29. The summed E-state index contributed by atoms with van der Waals surface area (Å²) >= 11 is 6.08. The van der Waals surface area contributed by atoms with Crippen molar-refractivity contribution in [3.63, 3.8) is 0 Å². The first kappa shape index (κ1) is 16.3. The van der Waals surface area contributed by atoms with Crippen molar-refractivity contribution in [3.8, 4) is 0 Å². The van der Waals surface area contributed by atoms with Gasteiger partial charge in [0.05, 0.1) is 0 Å². The summed E-state index contributed by atoms with van der Waals surface area (Å²) < 4.78 is 0. The Bertz CT molecular complexity index is 498. The largest absolute Gasteiger partial charge is 0.336 e. The zero-order valence-corrected chi connectivity index (χ0v) is 14.0. The number of halogens is 1. The van der Waals surface area contributed by atoms with Crippen LogP contribution in [0.2, 0.25) is 5.15 Å². The van der Waals surface area contributed by atoms with Gasteiger partial charge in [-0.15, -0.1) is 0 Å². The van der Waals surface area contributed by atoms with E-state index >= 15 is 0 Å². The zero-order chi connectivity index (χ0) is 15.4. The fraction of sp³-hybridized carbons (Fsp3) is 0.647.